The Morgan fingerprint density at radius 2 is 0.895 bits per heavy atom. The zero-order chi connectivity index (χ0) is 25.6. The topological polar surface area (TPSA) is 101 Å². The van der Waals surface area contributed by atoms with Crippen LogP contribution in [-0.2, 0) is 0 Å². The monoisotopic (exact) mass is 490 g/mol. The van der Waals surface area contributed by atoms with E-state index in [0.29, 0.717) is 11.4 Å². The highest BCUT2D eigenvalue weighted by Crippen LogP contribution is 2.35. The maximum atomic E-state index is 6.40. The van der Waals surface area contributed by atoms with Gasteiger partial charge in [-0.05, 0) is 72.9 Å². The predicted molar refractivity (Wildman–Crippen MR) is 158 cm³/mol. The minimum atomic E-state index is 0.673. The minimum absolute atomic E-state index is 0.673. The zero-order valence-electron chi connectivity index (χ0n) is 20.3. The van der Waals surface area contributed by atoms with E-state index in [1.54, 1.807) is 0 Å². The highest BCUT2D eigenvalue weighted by molar-refractivity contribution is 6.34. The summed E-state index contributed by atoms with van der Waals surface area (Å²) < 4.78 is 0. The first-order chi connectivity index (χ1) is 18.6. The zero-order valence-corrected chi connectivity index (χ0v) is 20.3. The van der Waals surface area contributed by atoms with Crippen molar-refractivity contribution in [1.29, 1.82) is 0 Å². The number of para-hydroxylation sites is 2. The van der Waals surface area contributed by atoms with Crippen molar-refractivity contribution in [1.82, 2.24) is 0 Å². The van der Waals surface area contributed by atoms with Crippen molar-refractivity contribution in [2.75, 3.05) is 11.5 Å². The fourth-order valence-corrected chi connectivity index (χ4v) is 4.96. The Kier molecular flexibility index (Phi) is 4.97. The van der Waals surface area contributed by atoms with Crippen LogP contribution in [0.5, 0.6) is 0 Å². The molecule has 180 valence electrons. The van der Waals surface area contributed by atoms with E-state index in [2.05, 4.69) is 0 Å². The van der Waals surface area contributed by atoms with Gasteiger partial charge >= 0.3 is 0 Å². The molecule has 7 rings (SSSR count). The smallest absolute Gasteiger partial charge is 0.0738 e. The number of fused-ring (bicyclic) bond motifs is 4. The Labute approximate surface area is 220 Å². The molecule has 2 aromatic carbocycles. The number of anilines is 2. The van der Waals surface area contributed by atoms with Gasteiger partial charge in [0.1, 0.15) is 0 Å². The first kappa shape index (κ1) is 21.9. The van der Waals surface area contributed by atoms with Gasteiger partial charge in [0, 0.05) is 33.6 Å². The number of aliphatic imine (C=N–C) groups is 4. The Balaban J connectivity index is 1.46. The molecule has 5 aliphatic heterocycles. The summed E-state index contributed by atoms with van der Waals surface area (Å²) in [5.41, 5.74) is 24.1. The number of hydrogen-bond donors (Lipinski definition) is 2. The molecule has 0 fully saturated rings. The van der Waals surface area contributed by atoms with Crippen LogP contribution in [0.3, 0.4) is 0 Å². The molecule has 0 saturated heterocycles. The lowest BCUT2D eigenvalue weighted by Gasteiger charge is -2.11. The molecule has 5 aliphatic rings. The van der Waals surface area contributed by atoms with Crippen molar-refractivity contribution in [3.8, 4) is 0 Å². The van der Waals surface area contributed by atoms with E-state index in [-0.39, 0.29) is 0 Å². The standard InChI is InChI=1S/C32H22N6/c33-25-7-3-1-5-23(25)31-27-13-9-19(35-27)17-21-11-15-29(37-21)32(24-6-2-4-8-26(24)34)30-16-12-22(38-30)18-20-10-14-28(31)36-20/h1-18H,33-34H2. The Morgan fingerprint density at radius 1 is 0.447 bits per heavy atom. The first-order valence-electron chi connectivity index (χ1n) is 12.3. The second-order valence-corrected chi connectivity index (χ2v) is 9.23. The Morgan fingerprint density at radius 3 is 1.34 bits per heavy atom. The fourth-order valence-electron chi connectivity index (χ4n) is 4.96. The number of allylic oxidation sites excluding steroid dienone is 12. The molecule has 6 heteroatoms. The molecule has 8 bridgehead atoms. The molecule has 2 aromatic rings. The van der Waals surface area contributed by atoms with E-state index in [9.17, 15) is 0 Å². The van der Waals surface area contributed by atoms with Crippen molar-refractivity contribution in [2.24, 2.45) is 20.0 Å². The first-order valence-corrected chi connectivity index (χ1v) is 12.3. The number of benzene rings is 2. The number of rotatable bonds is 2. The molecule has 38 heavy (non-hydrogen) atoms. The molecule has 0 aromatic heterocycles. The van der Waals surface area contributed by atoms with Crippen LogP contribution in [-0.4, -0.2) is 22.8 Å². The number of nitrogen functional groups attached to an aromatic ring is 2. The van der Waals surface area contributed by atoms with Gasteiger partial charge in [-0.1, -0.05) is 36.4 Å². The lowest BCUT2D eigenvalue weighted by atomic mass is 9.97. The Hall–Kier alpha value is -5.36. The van der Waals surface area contributed by atoms with E-state index in [0.717, 1.165) is 67.9 Å². The van der Waals surface area contributed by atoms with Gasteiger partial charge in [0.05, 0.1) is 45.6 Å². The number of nitrogens with two attached hydrogens (primary N) is 2. The number of hydrogen-bond acceptors (Lipinski definition) is 6. The molecule has 4 N–H and O–H groups in total. The van der Waals surface area contributed by atoms with Gasteiger partial charge in [-0.25, -0.2) is 20.0 Å². The lowest BCUT2D eigenvalue weighted by molar-refractivity contribution is 1.41. The summed E-state index contributed by atoms with van der Waals surface area (Å²) in [6, 6.07) is 15.6. The summed E-state index contributed by atoms with van der Waals surface area (Å²) in [6.07, 6.45) is 19.9. The minimum Gasteiger partial charge on any atom is -0.398 e. The summed E-state index contributed by atoms with van der Waals surface area (Å²) in [5.74, 6) is 0. The van der Waals surface area contributed by atoms with Gasteiger partial charge in [-0.3, -0.25) is 0 Å². The SMILES string of the molecule is Nc1ccccc1C1=C2C=CC(=N2)C=C2C=CC(=N2)C(c2ccccc2N)=C2C=CC(=N2)C=C2C=CC1=N2. The second kappa shape index (κ2) is 8.64. The lowest BCUT2D eigenvalue weighted by Crippen LogP contribution is -2.03. The van der Waals surface area contributed by atoms with Crippen molar-refractivity contribution in [2.45, 2.75) is 0 Å². The molecule has 0 radical (unpaired) electrons. The quantitative estimate of drug-likeness (QED) is 0.520. The van der Waals surface area contributed by atoms with E-state index in [4.69, 9.17) is 31.4 Å². The van der Waals surface area contributed by atoms with Gasteiger partial charge in [0.2, 0.25) is 0 Å². The number of nitrogens with zero attached hydrogens (tertiary/aromatic N) is 4. The molecule has 0 atom stereocenters. The second-order valence-electron chi connectivity index (χ2n) is 9.23. The van der Waals surface area contributed by atoms with Crippen LogP contribution >= 0.6 is 0 Å². The van der Waals surface area contributed by atoms with E-state index < -0.39 is 0 Å². The third-order valence-electron chi connectivity index (χ3n) is 6.72. The summed E-state index contributed by atoms with van der Waals surface area (Å²) in [6.45, 7) is 0. The van der Waals surface area contributed by atoms with Crippen LogP contribution < -0.4 is 11.5 Å². The summed E-state index contributed by atoms with van der Waals surface area (Å²) in [4.78, 5) is 19.7. The molecule has 5 heterocycles. The van der Waals surface area contributed by atoms with Crippen LogP contribution in [0.4, 0.5) is 11.4 Å². The third kappa shape index (κ3) is 3.76. The van der Waals surface area contributed by atoms with Gasteiger partial charge in [0.15, 0.2) is 0 Å². The molecule has 6 nitrogen and oxygen atoms in total. The highest BCUT2D eigenvalue weighted by Gasteiger charge is 2.23. The third-order valence-corrected chi connectivity index (χ3v) is 6.72. The molecule has 0 unspecified atom stereocenters. The predicted octanol–water partition coefficient (Wildman–Crippen LogP) is 5.80. The molecular weight excluding hydrogens is 468 g/mol. The van der Waals surface area contributed by atoms with Gasteiger partial charge in [-0.2, -0.15) is 0 Å². The summed E-state index contributed by atoms with van der Waals surface area (Å²) >= 11 is 0. The van der Waals surface area contributed by atoms with Crippen molar-refractivity contribution < 1.29 is 0 Å². The van der Waals surface area contributed by atoms with Crippen molar-refractivity contribution in [3.63, 3.8) is 0 Å². The van der Waals surface area contributed by atoms with Crippen LogP contribution in [0.1, 0.15) is 11.1 Å². The summed E-state index contributed by atoms with van der Waals surface area (Å²) in [7, 11) is 0. The van der Waals surface area contributed by atoms with Crippen LogP contribution in [0, 0.1) is 0 Å². The van der Waals surface area contributed by atoms with Crippen LogP contribution in [0.2, 0.25) is 0 Å². The van der Waals surface area contributed by atoms with Crippen molar-refractivity contribution in [3.05, 3.63) is 143 Å². The average molecular weight is 491 g/mol. The normalized spacial score (nSPS) is 19.1. The van der Waals surface area contributed by atoms with E-state index in [1.807, 2.05) is 109 Å². The Bertz CT molecular complexity index is 1680. The molecule has 0 saturated carbocycles. The molecule has 0 amide bonds. The largest absolute Gasteiger partial charge is 0.398 e. The fraction of sp³-hybridized carbons (Fsp3) is 0. The van der Waals surface area contributed by atoms with Crippen LogP contribution in [0.15, 0.2) is 152 Å². The highest BCUT2D eigenvalue weighted by atomic mass is 14.9. The molecule has 0 spiro atoms. The summed E-state index contributed by atoms with van der Waals surface area (Å²) in [5, 5.41) is 0. The van der Waals surface area contributed by atoms with Crippen molar-refractivity contribution >= 4 is 45.4 Å². The average Bonchev–Trinajstić information content (AvgIpc) is 3.72. The van der Waals surface area contributed by atoms with E-state index >= 15 is 0 Å². The molecular formula is C32H22N6. The van der Waals surface area contributed by atoms with Crippen LogP contribution in [0.25, 0.3) is 11.1 Å². The van der Waals surface area contributed by atoms with E-state index in [1.165, 1.54) is 0 Å². The maximum absolute atomic E-state index is 6.40. The maximum Gasteiger partial charge on any atom is 0.0738 e. The van der Waals surface area contributed by atoms with Gasteiger partial charge < -0.3 is 11.5 Å². The molecule has 0 aliphatic carbocycles. The van der Waals surface area contributed by atoms with Gasteiger partial charge in [0.25, 0.3) is 0 Å². The van der Waals surface area contributed by atoms with Gasteiger partial charge in [-0.15, -0.1) is 0 Å².